The molecule has 0 fully saturated rings. The number of hydrogen-bond donors (Lipinski definition) is 3. The number of amides is 2. The number of urea groups is 1. The molecule has 3 N–H and O–H groups in total. The van der Waals surface area contributed by atoms with Crippen LogP contribution in [-0.4, -0.2) is 23.1 Å². The Morgan fingerprint density at radius 3 is 2.67 bits per heavy atom. The Hall–Kier alpha value is -1.82. The van der Waals surface area contributed by atoms with Crippen LogP contribution in [0, 0.1) is 5.82 Å². The van der Waals surface area contributed by atoms with Crippen molar-refractivity contribution in [2.24, 2.45) is 0 Å². The van der Waals surface area contributed by atoms with Crippen molar-refractivity contribution in [3.8, 4) is 0 Å². The zero-order valence-corrected chi connectivity index (χ0v) is 10.3. The molecule has 0 aliphatic carbocycles. The molecule has 1 aromatic carbocycles. The number of carbonyl (C=O) groups excluding carboxylic acids is 1. The molecule has 0 aliphatic heterocycles. The fourth-order valence-electron chi connectivity index (χ4n) is 1.25. The molecule has 0 aromatic heterocycles. The van der Waals surface area contributed by atoms with Crippen LogP contribution in [0.2, 0.25) is 5.02 Å². The van der Waals surface area contributed by atoms with Gasteiger partial charge in [-0.3, -0.25) is 0 Å². The number of hydrogen-bond acceptors (Lipinski definition) is 2. The molecule has 0 unspecified atom stereocenters. The number of aliphatic carboxylic acids is 1. The van der Waals surface area contributed by atoms with Crippen molar-refractivity contribution in [2.45, 2.75) is 19.4 Å². The summed E-state index contributed by atoms with van der Waals surface area (Å²) < 4.78 is 12.8. The fraction of sp³-hybridized carbons (Fsp3) is 0.273. The Morgan fingerprint density at radius 2 is 2.17 bits per heavy atom. The van der Waals surface area contributed by atoms with Crippen molar-refractivity contribution in [1.29, 1.82) is 0 Å². The molecule has 98 valence electrons. The molecular weight excluding hydrogens is 263 g/mol. The third kappa shape index (κ3) is 3.89. The minimum Gasteiger partial charge on any atom is -0.480 e. The van der Waals surface area contributed by atoms with E-state index in [-0.39, 0.29) is 17.1 Å². The maximum absolute atomic E-state index is 12.8. The van der Waals surface area contributed by atoms with Crippen molar-refractivity contribution < 1.29 is 19.1 Å². The van der Waals surface area contributed by atoms with E-state index in [1.54, 1.807) is 6.92 Å². The highest BCUT2D eigenvalue weighted by Crippen LogP contribution is 2.22. The van der Waals surface area contributed by atoms with Gasteiger partial charge in [0.25, 0.3) is 0 Å². The molecule has 0 saturated carbocycles. The predicted molar refractivity (Wildman–Crippen MR) is 65.3 cm³/mol. The van der Waals surface area contributed by atoms with Crippen LogP contribution in [0.4, 0.5) is 14.9 Å². The smallest absolute Gasteiger partial charge is 0.326 e. The average molecular weight is 275 g/mol. The van der Waals surface area contributed by atoms with E-state index in [0.29, 0.717) is 0 Å². The van der Waals surface area contributed by atoms with Gasteiger partial charge in [-0.2, -0.15) is 0 Å². The monoisotopic (exact) mass is 274 g/mol. The second kappa shape index (κ2) is 6.20. The highest BCUT2D eigenvalue weighted by Gasteiger charge is 2.17. The van der Waals surface area contributed by atoms with Gasteiger partial charge in [0.2, 0.25) is 0 Å². The Bertz CT molecular complexity index is 468. The van der Waals surface area contributed by atoms with Gasteiger partial charge in [0, 0.05) is 0 Å². The standard InChI is InChI=1S/C11H12ClFN2O3/c1-2-8(10(16)17)14-11(18)15-9-4-3-6(13)5-7(9)12/h3-5,8H,2H2,1H3,(H,16,17)(H2,14,15,18)/t8-/m0/s1. The minimum absolute atomic E-state index is 0.0357. The summed E-state index contributed by atoms with van der Waals surface area (Å²) in [7, 11) is 0. The second-order valence-electron chi connectivity index (χ2n) is 3.52. The summed E-state index contributed by atoms with van der Waals surface area (Å²) in [4.78, 5) is 22.2. The van der Waals surface area contributed by atoms with Crippen molar-refractivity contribution in [3.63, 3.8) is 0 Å². The van der Waals surface area contributed by atoms with Gasteiger partial charge in [-0.25, -0.2) is 14.0 Å². The minimum atomic E-state index is -1.13. The van der Waals surface area contributed by atoms with E-state index in [0.717, 1.165) is 12.1 Å². The van der Waals surface area contributed by atoms with E-state index in [1.807, 2.05) is 0 Å². The van der Waals surface area contributed by atoms with Crippen LogP contribution < -0.4 is 10.6 Å². The van der Waals surface area contributed by atoms with Gasteiger partial charge < -0.3 is 15.7 Å². The second-order valence-corrected chi connectivity index (χ2v) is 3.93. The van der Waals surface area contributed by atoms with Crippen LogP contribution in [0.1, 0.15) is 13.3 Å². The molecular formula is C11H12ClFN2O3. The van der Waals surface area contributed by atoms with Gasteiger partial charge in [-0.05, 0) is 24.6 Å². The molecule has 1 atom stereocenters. The Labute approximate surface area is 108 Å². The van der Waals surface area contributed by atoms with E-state index < -0.39 is 23.9 Å². The lowest BCUT2D eigenvalue weighted by atomic mass is 10.2. The number of nitrogens with one attached hydrogen (secondary N) is 2. The summed E-state index contributed by atoms with van der Waals surface area (Å²) in [6.45, 7) is 1.63. The maximum atomic E-state index is 12.8. The molecule has 1 rings (SSSR count). The molecule has 0 heterocycles. The molecule has 5 nitrogen and oxygen atoms in total. The fourth-order valence-corrected chi connectivity index (χ4v) is 1.46. The van der Waals surface area contributed by atoms with Gasteiger partial charge in [0.05, 0.1) is 10.7 Å². The summed E-state index contributed by atoms with van der Waals surface area (Å²) >= 11 is 5.71. The molecule has 2 amide bonds. The van der Waals surface area contributed by atoms with Crippen molar-refractivity contribution in [3.05, 3.63) is 29.0 Å². The Balaban J connectivity index is 2.67. The predicted octanol–water partition coefficient (Wildman–Crippen LogP) is 2.46. The molecule has 0 spiro atoms. The largest absolute Gasteiger partial charge is 0.480 e. The molecule has 1 aromatic rings. The first kappa shape index (κ1) is 14.2. The third-order valence-corrected chi connectivity index (χ3v) is 2.50. The highest BCUT2D eigenvalue weighted by molar-refractivity contribution is 6.33. The van der Waals surface area contributed by atoms with E-state index in [9.17, 15) is 14.0 Å². The summed E-state index contributed by atoms with van der Waals surface area (Å²) in [5, 5.41) is 13.4. The SMILES string of the molecule is CC[C@H](NC(=O)Nc1ccc(F)cc1Cl)C(=O)O. The number of carbonyl (C=O) groups is 2. The first-order valence-corrected chi connectivity index (χ1v) is 5.57. The van der Waals surface area contributed by atoms with Gasteiger partial charge in [-0.1, -0.05) is 18.5 Å². The first-order chi connectivity index (χ1) is 8.43. The quantitative estimate of drug-likeness (QED) is 0.789. The van der Waals surface area contributed by atoms with Crippen LogP contribution >= 0.6 is 11.6 Å². The molecule has 0 bridgehead atoms. The number of carboxylic acids is 1. The van der Waals surface area contributed by atoms with E-state index >= 15 is 0 Å². The summed E-state index contributed by atoms with van der Waals surface area (Å²) in [6.07, 6.45) is 0.250. The van der Waals surface area contributed by atoms with Gasteiger partial charge in [0.1, 0.15) is 11.9 Å². The Kier molecular flexibility index (Phi) is 4.91. The lowest BCUT2D eigenvalue weighted by Gasteiger charge is -2.13. The number of carboxylic acid groups (broad SMARTS) is 1. The van der Waals surface area contributed by atoms with Crippen molar-refractivity contribution in [1.82, 2.24) is 5.32 Å². The number of halogens is 2. The molecule has 7 heteroatoms. The zero-order valence-electron chi connectivity index (χ0n) is 9.54. The third-order valence-electron chi connectivity index (χ3n) is 2.19. The van der Waals surface area contributed by atoms with Crippen molar-refractivity contribution >= 4 is 29.3 Å². The number of anilines is 1. The average Bonchev–Trinajstić information content (AvgIpc) is 2.29. The van der Waals surface area contributed by atoms with Crippen LogP contribution in [0.25, 0.3) is 0 Å². The zero-order chi connectivity index (χ0) is 13.7. The van der Waals surface area contributed by atoms with Gasteiger partial charge in [-0.15, -0.1) is 0 Å². The lowest BCUT2D eigenvalue weighted by molar-refractivity contribution is -0.139. The summed E-state index contributed by atoms with van der Waals surface area (Å²) in [5.74, 6) is -1.65. The molecule has 0 radical (unpaired) electrons. The van der Waals surface area contributed by atoms with E-state index in [1.165, 1.54) is 6.07 Å². The van der Waals surface area contributed by atoms with Crippen LogP contribution in [0.15, 0.2) is 18.2 Å². The number of benzene rings is 1. The van der Waals surface area contributed by atoms with Gasteiger partial charge in [0.15, 0.2) is 0 Å². The normalized spacial score (nSPS) is 11.7. The number of rotatable bonds is 4. The summed E-state index contributed by atoms with van der Waals surface area (Å²) in [5.41, 5.74) is 0.204. The van der Waals surface area contributed by atoms with Crippen molar-refractivity contribution in [2.75, 3.05) is 5.32 Å². The van der Waals surface area contributed by atoms with Crippen LogP contribution in [-0.2, 0) is 4.79 Å². The highest BCUT2D eigenvalue weighted by atomic mass is 35.5. The molecule has 18 heavy (non-hydrogen) atoms. The van der Waals surface area contributed by atoms with E-state index in [4.69, 9.17) is 16.7 Å². The lowest BCUT2D eigenvalue weighted by Crippen LogP contribution is -2.42. The molecule has 0 saturated heterocycles. The maximum Gasteiger partial charge on any atom is 0.326 e. The molecule has 0 aliphatic rings. The first-order valence-electron chi connectivity index (χ1n) is 5.19. The topological polar surface area (TPSA) is 78.4 Å². The van der Waals surface area contributed by atoms with Crippen LogP contribution in [0.3, 0.4) is 0 Å². The van der Waals surface area contributed by atoms with E-state index in [2.05, 4.69) is 10.6 Å². The summed E-state index contributed by atoms with van der Waals surface area (Å²) in [6, 6.07) is 1.78. The van der Waals surface area contributed by atoms with Gasteiger partial charge >= 0.3 is 12.0 Å². The van der Waals surface area contributed by atoms with Crippen LogP contribution in [0.5, 0.6) is 0 Å². The Morgan fingerprint density at radius 1 is 1.50 bits per heavy atom.